The van der Waals surface area contributed by atoms with Gasteiger partial charge in [-0.3, -0.25) is 14.8 Å². The Kier molecular flexibility index (Phi) is 4.00. The molecule has 4 rings (SSSR count). The molecule has 8 heteroatoms. The van der Waals surface area contributed by atoms with Crippen molar-refractivity contribution in [1.29, 1.82) is 0 Å². The fourth-order valence-electron chi connectivity index (χ4n) is 3.53. The normalized spacial score (nSPS) is 12.9. The number of ether oxygens (including phenoxy) is 1. The standard InChI is InChI=1S/C19H16N2O5S/c1-26-14-8-10-18(17(11-14)21(22)23)27(24,25)20-16-9-7-13-6-5-12-3-2-4-15(16)19(12)13/h2-4,7-11,20H,5-6H2,1H3. The maximum absolute atomic E-state index is 12.9. The molecule has 0 bridgehead atoms. The van der Waals surface area contributed by atoms with E-state index in [1.165, 1.54) is 30.4 Å². The van der Waals surface area contributed by atoms with Gasteiger partial charge in [-0.05, 0) is 47.6 Å². The minimum Gasteiger partial charge on any atom is -0.497 e. The summed E-state index contributed by atoms with van der Waals surface area (Å²) in [5.41, 5.74) is 2.23. The summed E-state index contributed by atoms with van der Waals surface area (Å²) < 4.78 is 33.3. The zero-order chi connectivity index (χ0) is 19.2. The second kappa shape index (κ2) is 6.24. The Bertz CT molecular complexity index is 1180. The van der Waals surface area contributed by atoms with E-state index >= 15 is 0 Å². The lowest BCUT2D eigenvalue weighted by atomic mass is 10.0. The zero-order valence-corrected chi connectivity index (χ0v) is 15.2. The maximum atomic E-state index is 12.9. The molecule has 27 heavy (non-hydrogen) atoms. The van der Waals surface area contributed by atoms with Gasteiger partial charge in [-0.25, -0.2) is 8.42 Å². The van der Waals surface area contributed by atoms with Crippen LogP contribution in [0, 0.1) is 10.1 Å². The quantitative estimate of drug-likeness (QED) is 0.535. The van der Waals surface area contributed by atoms with Crippen LogP contribution in [0.25, 0.3) is 10.8 Å². The molecule has 0 radical (unpaired) electrons. The summed E-state index contributed by atoms with van der Waals surface area (Å²) in [7, 11) is -2.80. The van der Waals surface area contributed by atoms with Crippen molar-refractivity contribution in [3.8, 4) is 5.75 Å². The molecule has 0 amide bonds. The molecule has 3 aromatic carbocycles. The number of sulfonamides is 1. The van der Waals surface area contributed by atoms with Gasteiger partial charge in [-0.15, -0.1) is 0 Å². The summed E-state index contributed by atoms with van der Waals surface area (Å²) in [4.78, 5) is 10.2. The molecule has 0 fully saturated rings. The van der Waals surface area contributed by atoms with Crippen molar-refractivity contribution in [1.82, 2.24) is 0 Å². The Morgan fingerprint density at radius 1 is 1.07 bits per heavy atom. The largest absolute Gasteiger partial charge is 0.497 e. The number of hydrogen-bond acceptors (Lipinski definition) is 5. The first-order valence-corrected chi connectivity index (χ1v) is 9.78. The number of nitrogens with one attached hydrogen (secondary N) is 1. The Balaban J connectivity index is 1.82. The van der Waals surface area contributed by atoms with Gasteiger partial charge in [-0.2, -0.15) is 0 Å². The molecule has 7 nitrogen and oxygen atoms in total. The van der Waals surface area contributed by atoms with E-state index in [0.717, 1.165) is 29.7 Å². The van der Waals surface area contributed by atoms with Crippen LogP contribution in [0.2, 0.25) is 0 Å². The second-order valence-corrected chi connectivity index (χ2v) is 7.96. The average molecular weight is 384 g/mol. The van der Waals surface area contributed by atoms with Crippen LogP contribution in [-0.2, 0) is 22.9 Å². The highest BCUT2D eigenvalue weighted by molar-refractivity contribution is 7.92. The molecular weight excluding hydrogens is 368 g/mol. The Morgan fingerprint density at radius 2 is 1.81 bits per heavy atom. The van der Waals surface area contributed by atoms with E-state index in [1.807, 2.05) is 24.3 Å². The summed E-state index contributed by atoms with van der Waals surface area (Å²) in [6.45, 7) is 0. The van der Waals surface area contributed by atoms with Crippen LogP contribution >= 0.6 is 0 Å². The number of nitro benzene ring substituents is 1. The first-order chi connectivity index (χ1) is 12.9. The van der Waals surface area contributed by atoms with Gasteiger partial charge in [0.15, 0.2) is 4.90 Å². The van der Waals surface area contributed by atoms with Crippen molar-refractivity contribution in [2.45, 2.75) is 17.7 Å². The lowest BCUT2D eigenvalue weighted by molar-refractivity contribution is -0.387. The van der Waals surface area contributed by atoms with Gasteiger partial charge >= 0.3 is 0 Å². The topological polar surface area (TPSA) is 98.5 Å². The number of nitro groups is 1. The number of nitrogens with zero attached hydrogens (tertiary/aromatic N) is 1. The van der Waals surface area contributed by atoms with Crippen molar-refractivity contribution >= 4 is 32.2 Å². The van der Waals surface area contributed by atoms with Crippen molar-refractivity contribution in [2.75, 3.05) is 11.8 Å². The van der Waals surface area contributed by atoms with E-state index in [0.29, 0.717) is 5.69 Å². The molecule has 1 N–H and O–H groups in total. The number of anilines is 1. The molecule has 0 atom stereocenters. The van der Waals surface area contributed by atoms with Gasteiger partial charge in [0.2, 0.25) is 0 Å². The summed E-state index contributed by atoms with van der Waals surface area (Å²) in [5, 5.41) is 13.2. The molecule has 138 valence electrons. The van der Waals surface area contributed by atoms with E-state index in [-0.39, 0.29) is 5.75 Å². The molecule has 0 heterocycles. The smallest absolute Gasteiger partial charge is 0.293 e. The minimum atomic E-state index is -4.16. The third-order valence-corrected chi connectivity index (χ3v) is 6.19. The third kappa shape index (κ3) is 2.87. The highest BCUT2D eigenvalue weighted by atomic mass is 32.2. The molecule has 0 unspecified atom stereocenters. The van der Waals surface area contributed by atoms with Crippen LogP contribution in [0.1, 0.15) is 11.1 Å². The van der Waals surface area contributed by atoms with E-state index in [9.17, 15) is 18.5 Å². The SMILES string of the molecule is COc1ccc(S(=O)(=O)Nc2ccc3c4c(cccc24)CC3)c([N+](=O)[O-])c1. The Labute approximate surface area is 155 Å². The lowest BCUT2D eigenvalue weighted by Crippen LogP contribution is -2.15. The minimum absolute atomic E-state index is 0.214. The molecule has 1 aliphatic carbocycles. The molecule has 0 aromatic heterocycles. The van der Waals surface area contributed by atoms with Gasteiger partial charge in [0, 0.05) is 5.39 Å². The van der Waals surface area contributed by atoms with Crippen LogP contribution in [0.5, 0.6) is 5.75 Å². The molecular formula is C19H16N2O5S. The van der Waals surface area contributed by atoms with Gasteiger partial charge in [0.1, 0.15) is 5.75 Å². The van der Waals surface area contributed by atoms with Crippen LogP contribution in [-0.4, -0.2) is 20.5 Å². The predicted molar refractivity (Wildman–Crippen MR) is 102 cm³/mol. The van der Waals surface area contributed by atoms with Crippen LogP contribution in [0.3, 0.4) is 0 Å². The summed E-state index contributed by atoms with van der Waals surface area (Å²) in [6, 6.07) is 13.1. The molecule has 0 saturated heterocycles. The Hall–Kier alpha value is -3.13. The third-order valence-electron chi connectivity index (χ3n) is 4.77. The lowest BCUT2D eigenvalue weighted by Gasteiger charge is -2.13. The van der Waals surface area contributed by atoms with Crippen LogP contribution < -0.4 is 9.46 Å². The van der Waals surface area contributed by atoms with E-state index in [2.05, 4.69) is 4.72 Å². The second-order valence-electron chi connectivity index (χ2n) is 6.31. The first kappa shape index (κ1) is 17.3. The average Bonchev–Trinajstić information content (AvgIpc) is 3.08. The number of benzene rings is 3. The highest BCUT2D eigenvalue weighted by Gasteiger charge is 2.27. The monoisotopic (exact) mass is 384 g/mol. The van der Waals surface area contributed by atoms with Crippen molar-refractivity contribution in [3.63, 3.8) is 0 Å². The van der Waals surface area contributed by atoms with Crippen molar-refractivity contribution in [3.05, 3.63) is 69.8 Å². The predicted octanol–water partition coefficient (Wildman–Crippen LogP) is 3.66. The number of aryl methyl sites for hydroxylation is 2. The van der Waals surface area contributed by atoms with Gasteiger partial charge < -0.3 is 4.74 Å². The summed E-state index contributed by atoms with van der Waals surface area (Å²) in [6.07, 6.45) is 1.85. The fraction of sp³-hybridized carbons (Fsp3) is 0.158. The fourth-order valence-corrected chi connectivity index (χ4v) is 4.76. The van der Waals surface area contributed by atoms with E-state index < -0.39 is 25.5 Å². The zero-order valence-electron chi connectivity index (χ0n) is 14.4. The maximum Gasteiger partial charge on any atom is 0.293 e. The number of hydrogen-bond donors (Lipinski definition) is 1. The molecule has 0 aliphatic heterocycles. The van der Waals surface area contributed by atoms with Crippen LogP contribution in [0.4, 0.5) is 11.4 Å². The molecule has 0 spiro atoms. The van der Waals surface area contributed by atoms with E-state index in [4.69, 9.17) is 4.74 Å². The number of rotatable bonds is 5. The summed E-state index contributed by atoms with van der Waals surface area (Å²) >= 11 is 0. The first-order valence-electron chi connectivity index (χ1n) is 8.29. The van der Waals surface area contributed by atoms with Gasteiger partial charge in [0.05, 0.1) is 23.8 Å². The van der Waals surface area contributed by atoms with E-state index in [1.54, 1.807) is 6.07 Å². The van der Waals surface area contributed by atoms with Crippen molar-refractivity contribution in [2.24, 2.45) is 0 Å². The van der Waals surface area contributed by atoms with Gasteiger partial charge in [0.25, 0.3) is 15.7 Å². The number of methoxy groups -OCH3 is 1. The van der Waals surface area contributed by atoms with Crippen LogP contribution in [0.15, 0.2) is 53.4 Å². The van der Waals surface area contributed by atoms with Crippen molar-refractivity contribution < 1.29 is 18.1 Å². The van der Waals surface area contributed by atoms with Gasteiger partial charge in [-0.1, -0.05) is 24.3 Å². The summed E-state index contributed by atoms with van der Waals surface area (Å²) in [5.74, 6) is 0.214. The molecule has 3 aromatic rings. The molecule has 0 saturated carbocycles. The Morgan fingerprint density at radius 3 is 2.52 bits per heavy atom. The highest BCUT2D eigenvalue weighted by Crippen LogP contribution is 2.37. The molecule has 1 aliphatic rings.